The second-order valence-electron chi connectivity index (χ2n) is 7.95. The molecule has 0 radical (unpaired) electrons. The number of hydrogen-bond donors (Lipinski definition) is 0. The zero-order valence-corrected chi connectivity index (χ0v) is 19.4. The molecular formula is C24H27F4NO6. The van der Waals surface area contributed by atoms with E-state index in [9.17, 15) is 22.4 Å². The lowest BCUT2D eigenvalue weighted by molar-refractivity contribution is -0.325. The molecule has 192 valence electrons. The van der Waals surface area contributed by atoms with E-state index in [0.717, 1.165) is 0 Å². The van der Waals surface area contributed by atoms with E-state index >= 15 is 0 Å². The molecule has 0 saturated carbocycles. The molecule has 2 fully saturated rings. The quantitative estimate of drug-likeness (QED) is 0.281. The Labute approximate surface area is 200 Å². The van der Waals surface area contributed by atoms with Crippen LogP contribution < -0.4 is 9.47 Å². The fourth-order valence-corrected chi connectivity index (χ4v) is 3.97. The summed E-state index contributed by atoms with van der Waals surface area (Å²) in [5.74, 6) is -0.241. The number of ether oxygens (including phenoxy) is 5. The normalized spacial score (nSPS) is 22.9. The fraction of sp³-hybridized carbons (Fsp3) is 0.458. The molecule has 2 aliphatic heterocycles. The molecule has 2 heterocycles. The molecule has 0 aliphatic carbocycles. The van der Waals surface area contributed by atoms with Crippen LogP contribution in [0.1, 0.15) is 23.7 Å². The van der Waals surface area contributed by atoms with Crippen molar-refractivity contribution in [2.75, 3.05) is 40.2 Å². The van der Waals surface area contributed by atoms with Crippen LogP contribution in [0.5, 0.6) is 11.5 Å². The first-order valence-electron chi connectivity index (χ1n) is 10.8. The lowest BCUT2D eigenvalue weighted by Gasteiger charge is -2.42. The van der Waals surface area contributed by atoms with Crippen molar-refractivity contribution >= 4 is 5.91 Å². The third kappa shape index (κ3) is 6.62. The van der Waals surface area contributed by atoms with Gasteiger partial charge in [0.2, 0.25) is 0 Å². The van der Waals surface area contributed by atoms with Gasteiger partial charge in [-0.2, -0.15) is 0 Å². The molecule has 0 spiro atoms. The molecule has 0 N–H and O–H groups in total. The van der Waals surface area contributed by atoms with Gasteiger partial charge in [0.05, 0.1) is 26.1 Å². The van der Waals surface area contributed by atoms with Crippen molar-refractivity contribution in [3.05, 3.63) is 60.0 Å². The number of halogens is 4. The molecule has 1 aromatic carbocycles. The number of carbonyl (C=O) groups excluding carboxylic acids is 1. The van der Waals surface area contributed by atoms with E-state index in [-0.39, 0.29) is 43.2 Å². The molecule has 3 rings (SSSR count). The minimum absolute atomic E-state index is 0.0510. The topological polar surface area (TPSA) is 66.5 Å². The smallest absolute Gasteiger partial charge is 0.493 e. The third-order valence-electron chi connectivity index (χ3n) is 5.72. The van der Waals surface area contributed by atoms with Crippen LogP contribution in [0.25, 0.3) is 0 Å². The number of alkyl halides is 3. The summed E-state index contributed by atoms with van der Waals surface area (Å²) in [6.45, 7) is 5.03. The Kier molecular flexibility index (Phi) is 8.57. The number of amides is 1. The standard InChI is InChI=1S/C24H27F4NO6/c1-16(5-4-6-17(2)25)23-9-10-29(14-21(23)33-15-35-23)22(30)18-7-8-19(20(13-18)31-3)32-11-12-34-24(26,27)28/h4-8,13,21H,1,9-12,14-15H2,2-3H3/b5-4-,17-6+/t21-,23-/m1/s1. The number of hydrogen-bond acceptors (Lipinski definition) is 6. The highest BCUT2D eigenvalue weighted by Crippen LogP contribution is 2.40. The summed E-state index contributed by atoms with van der Waals surface area (Å²) < 4.78 is 75.1. The van der Waals surface area contributed by atoms with Gasteiger partial charge >= 0.3 is 6.36 Å². The van der Waals surface area contributed by atoms with E-state index in [1.54, 1.807) is 17.1 Å². The summed E-state index contributed by atoms with van der Waals surface area (Å²) in [6, 6.07) is 4.42. The molecule has 35 heavy (non-hydrogen) atoms. The summed E-state index contributed by atoms with van der Waals surface area (Å²) >= 11 is 0. The van der Waals surface area contributed by atoms with Crippen LogP contribution in [0, 0.1) is 0 Å². The van der Waals surface area contributed by atoms with Crippen molar-refractivity contribution in [2.24, 2.45) is 0 Å². The largest absolute Gasteiger partial charge is 0.522 e. The number of rotatable bonds is 9. The molecule has 0 bridgehead atoms. The highest BCUT2D eigenvalue weighted by molar-refractivity contribution is 5.95. The molecular weight excluding hydrogens is 474 g/mol. The van der Waals surface area contributed by atoms with Crippen molar-refractivity contribution in [1.29, 1.82) is 0 Å². The third-order valence-corrected chi connectivity index (χ3v) is 5.72. The van der Waals surface area contributed by atoms with Crippen molar-refractivity contribution in [2.45, 2.75) is 31.4 Å². The molecule has 7 nitrogen and oxygen atoms in total. The Bertz CT molecular complexity index is 989. The van der Waals surface area contributed by atoms with Crippen molar-refractivity contribution in [3.8, 4) is 11.5 Å². The van der Waals surface area contributed by atoms with Gasteiger partial charge in [-0.05, 0) is 36.8 Å². The Morgan fingerprint density at radius 2 is 2.09 bits per heavy atom. The number of benzene rings is 1. The minimum atomic E-state index is -4.74. The Hall–Kier alpha value is -2.89. The first-order chi connectivity index (χ1) is 16.6. The maximum absolute atomic E-state index is 13.2. The fourth-order valence-electron chi connectivity index (χ4n) is 3.97. The van der Waals surface area contributed by atoms with Crippen LogP contribution in [0.4, 0.5) is 17.6 Å². The van der Waals surface area contributed by atoms with Crippen LogP contribution in [-0.2, 0) is 14.2 Å². The van der Waals surface area contributed by atoms with Crippen LogP contribution >= 0.6 is 0 Å². The van der Waals surface area contributed by atoms with E-state index in [2.05, 4.69) is 11.3 Å². The monoisotopic (exact) mass is 501 g/mol. The van der Waals surface area contributed by atoms with Gasteiger partial charge in [0, 0.05) is 18.5 Å². The highest BCUT2D eigenvalue weighted by atomic mass is 19.4. The maximum Gasteiger partial charge on any atom is 0.522 e. The molecule has 1 aromatic rings. The van der Waals surface area contributed by atoms with E-state index in [0.29, 0.717) is 24.1 Å². The van der Waals surface area contributed by atoms with Gasteiger partial charge in [0.25, 0.3) is 5.91 Å². The van der Waals surface area contributed by atoms with Gasteiger partial charge in [-0.1, -0.05) is 18.7 Å². The Morgan fingerprint density at radius 3 is 2.77 bits per heavy atom. The lowest BCUT2D eigenvalue weighted by atomic mass is 9.82. The van der Waals surface area contributed by atoms with Gasteiger partial charge in [0.15, 0.2) is 11.5 Å². The number of piperidine rings is 1. The molecule has 11 heteroatoms. The minimum Gasteiger partial charge on any atom is -0.493 e. The van der Waals surface area contributed by atoms with Crippen molar-refractivity contribution in [3.63, 3.8) is 0 Å². The van der Waals surface area contributed by atoms with Gasteiger partial charge in [-0.15, -0.1) is 13.2 Å². The van der Waals surface area contributed by atoms with E-state index < -0.39 is 24.7 Å². The van der Waals surface area contributed by atoms with Crippen LogP contribution in [-0.4, -0.2) is 69.1 Å². The predicted molar refractivity (Wildman–Crippen MR) is 118 cm³/mol. The summed E-state index contributed by atoms with van der Waals surface area (Å²) in [5, 5.41) is 0. The number of allylic oxidation sites excluding steroid dienone is 3. The first-order valence-corrected chi connectivity index (χ1v) is 10.8. The highest BCUT2D eigenvalue weighted by Gasteiger charge is 2.51. The first kappa shape index (κ1) is 26.7. The van der Waals surface area contributed by atoms with Crippen molar-refractivity contribution < 1.29 is 46.0 Å². The van der Waals surface area contributed by atoms with Crippen molar-refractivity contribution in [1.82, 2.24) is 4.90 Å². The van der Waals surface area contributed by atoms with Gasteiger partial charge in [-0.3, -0.25) is 9.53 Å². The number of nitrogens with zero attached hydrogens (tertiary/aromatic N) is 1. The lowest BCUT2D eigenvalue weighted by Crippen LogP contribution is -2.55. The number of methoxy groups -OCH3 is 1. The number of fused-ring (bicyclic) bond motifs is 1. The number of carbonyl (C=O) groups is 1. The zero-order valence-electron chi connectivity index (χ0n) is 19.4. The molecule has 0 unspecified atom stereocenters. The van der Waals surface area contributed by atoms with Gasteiger partial charge < -0.3 is 23.8 Å². The average Bonchev–Trinajstić information content (AvgIpc) is 3.25. The molecule has 2 atom stereocenters. The average molecular weight is 501 g/mol. The molecule has 1 amide bonds. The summed E-state index contributed by atoms with van der Waals surface area (Å²) in [5.41, 5.74) is 0.135. The Morgan fingerprint density at radius 1 is 1.31 bits per heavy atom. The van der Waals surface area contributed by atoms with Crippen LogP contribution in [0.2, 0.25) is 0 Å². The predicted octanol–water partition coefficient (Wildman–Crippen LogP) is 4.55. The summed E-state index contributed by atoms with van der Waals surface area (Å²) in [4.78, 5) is 14.8. The summed E-state index contributed by atoms with van der Waals surface area (Å²) in [6.07, 6.45) is -0.222. The van der Waals surface area contributed by atoms with E-state index in [1.807, 2.05) is 0 Å². The molecule has 2 saturated heterocycles. The van der Waals surface area contributed by atoms with Gasteiger partial charge in [-0.25, -0.2) is 4.39 Å². The van der Waals surface area contributed by atoms with E-state index in [1.165, 1.54) is 38.3 Å². The maximum atomic E-state index is 13.2. The van der Waals surface area contributed by atoms with Crippen LogP contribution in [0.3, 0.4) is 0 Å². The molecule has 2 aliphatic rings. The zero-order chi connectivity index (χ0) is 25.6. The Balaban J connectivity index is 1.65. The van der Waals surface area contributed by atoms with Crippen LogP contribution in [0.15, 0.2) is 54.4 Å². The summed E-state index contributed by atoms with van der Waals surface area (Å²) in [7, 11) is 1.36. The molecule has 0 aromatic heterocycles. The second kappa shape index (κ2) is 11.2. The van der Waals surface area contributed by atoms with Gasteiger partial charge in [0.1, 0.15) is 25.1 Å². The van der Waals surface area contributed by atoms with E-state index in [4.69, 9.17) is 18.9 Å². The second-order valence-corrected chi connectivity index (χ2v) is 7.95. The number of likely N-dealkylation sites (tertiary alicyclic amines) is 1. The SMILES string of the molecule is C=C(/C=C\C=C(/C)F)[C@]12CCN(C(=O)c3ccc(OCCOC(F)(F)F)c(OC)c3)C[C@H]1OCO2.